The van der Waals surface area contributed by atoms with Crippen molar-refractivity contribution in [2.24, 2.45) is 5.10 Å². The number of H-pyrrole nitrogens is 1. The highest BCUT2D eigenvalue weighted by Crippen LogP contribution is 1.86. The van der Waals surface area contributed by atoms with E-state index in [-0.39, 0.29) is 0 Å². The van der Waals surface area contributed by atoms with E-state index >= 15 is 0 Å². The molecule has 1 aromatic rings. The molecule has 0 saturated carbocycles. The molecule has 14 heavy (non-hydrogen) atoms. The normalized spacial score (nSPS) is 10.1. The summed E-state index contributed by atoms with van der Waals surface area (Å²) in [7, 11) is 0. The van der Waals surface area contributed by atoms with Crippen LogP contribution in [0.4, 0.5) is 0 Å². The van der Waals surface area contributed by atoms with Crippen LogP contribution < -0.4 is 15.7 Å². The highest BCUT2D eigenvalue weighted by molar-refractivity contribution is 7.80. The van der Waals surface area contributed by atoms with Crippen molar-refractivity contribution < 1.29 is 4.98 Å². The Morgan fingerprint density at radius 3 is 3.21 bits per heavy atom. The molecule has 1 rings (SSSR count). The number of nitrogens with one attached hydrogen (secondary N) is 3. The third kappa shape index (κ3) is 3.95. The quantitative estimate of drug-likeness (QED) is 0.428. The van der Waals surface area contributed by atoms with Crippen LogP contribution in [0.2, 0.25) is 0 Å². The Balaban J connectivity index is 2.38. The summed E-state index contributed by atoms with van der Waals surface area (Å²) in [6.07, 6.45) is 5.38. The Labute approximate surface area is 88.4 Å². The van der Waals surface area contributed by atoms with Crippen LogP contribution in [0.15, 0.2) is 29.6 Å². The second-order valence-electron chi connectivity index (χ2n) is 2.57. The average Bonchev–Trinajstić information content (AvgIpc) is 2.20. The summed E-state index contributed by atoms with van der Waals surface area (Å²) in [6.45, 7) is 2.77. The fraction of sp³-hybridized carbons (Fsp3) is 0.222. The molecule has 0 radical (unpaired) electrons. The molecule has 0 spiro atoms. The lowest BCUT2D eigenvalue weighted by Gasteiger charge is -2.01. The Morgan fingerprint density at radius 1 is 1.71 bits per heavy atom. The lowest BCUT2D eigenvalue weighted by Crippen LogP contribution is -2.31. The number of aromatic nitrogens is 1. The van der Waals surface area contributed by atoms with E-state index in [2.05, 4.69) is 20.8 Å². The zero-order valence-electron chi connectivity index (χ0n) is 7.95. The summed E-state index contributed by atoms with van der Waals surface area (Å²) >= 11 is 4.92. The molecule has 1 aromatic heterocycles. The molecule has 5 heteroatoms. The van der Waals surface area contributed by atoms with Gasteiger partial charge in [-0.2, -0.15) is 5.10 Å². The minimum atomic E-state index is 0.531. The number of rotatable bonds is 3. The first-order valence-corrected chi connectivity index (χ1v) is 4.76. The molecular formula is C9H13N4S+. The lowest BCUT2D eigenvalue weighted by atomic mass is 10.3. The highest BCUT2D eigenvalue weighted by Gasteiger charge is 1.90. The Hall–Kier alpha value is -1.49. The molecule has 0 atom stereocenters. The van der Waals surface area contributed by atoms with Gasteiger partial charge in [-0.25, -0.2) is 4.98 Å². The summed E-state index contributed by atoms with van der Waals surface area (Å²) in [4.78, 5) is 2.96. The van der Waals surface area contributed by atoms with Crippen LogP contribution in [-0.2, 0) is 0 Å². The van der Waals surface area contributed by atoms with Gasteiger partial charge in [-0.3, -0.25) is 5.43 Å². The maximum Gasteiger partial charge on any atom is 0.186 e. The van der Waals surface area contributed by atoms with Gasteiger partial charge in [0.1, 0.15) is 0 Å². The molecule has 4 nitrogen and oxygen atoms in total. The van der Waals surface area contributed by atoms with Gasteiger partial charge >= 0.3 is 0 Å². The van der Waals surface area contributed by atoms with E-state index in [4.69, 9.17) is 12.2 Å². The molecule has 0 amide bonds. The first-order chi connectivity index (χ1) is 6.83. The van der Waals surface area contributed by atoms with Gasteiger partial charge in [0.15, 0.2) is 17.5 Å². The van der Waals surface area contributed by atoms with Gasteiger partial charge < -0.3 is 5.32 Å². The molecule has 0 aliphatic rings. The number of hydrogen-bond acceptors (Lipinski definition) is 2. The van der Waals surface area contributed by atoms with Gasteiger partial charge in [0.25, 0.3) is 0 Å². The minimum Gasteiger partial charge on any atom is -0.362 e. The summed E-state index contributed by atoms with van der Waals surface area (Å²) in [5.74, 6) is 0. The van der Waals surface area contributed by atoms with Crippen molar-refractivity contribution in [2.45, 2.75) is 6.92 Å². The smallest absolute Gasteiger partial charge is 0.186 e. The Bertz CT molecular complexity index is 310. The summed E-state index contributed by atoms with van der Waals surface area (Å²) in [5, 5.41) is 7.42. The van der Waals surface area contributed by atoms with Crippen LogP contribution >= 0.6 is 12.2 Å². The number of thiocarbonyl (C=S) groups is 1. The molecular weight excluding hydrogens is 196 g/mol. The highest BCUT2D eigenvalue weighted by atomic mass is 32.1. The van der Waals surface area contributed by atoms with Crippen molar-refractivity contribution in [3.05, 3.63) is 30.1 Å². The molecule has 1 heterocycles. The number of nitrogens with zero attached hydrogens (tertiary/aromatic N) is 1. The largest absolute Gasteiger partial charge is 0.362 e. The molecule has 0 aliphatic heterocycles. The first-order valence-electron chi connectivity index (χ1n) is 4.36. The van der Waals surface area contributed by atoms with Gasteiger partial charge in [-0.1, -0.05) is 0 Å². The van der Waals surface area contributed by atoms with Crippen molar-refractivity contribution in [3.8, 4) is 0 Å². The van der Waals surface area contributed by atoms with Crippen LogP contribution in [0.3, 0.4) is 0 Å². The second kappa shape index (κ2) is 6.04. The number of hydrogen-bond donors (Lipinski definition) is 2. The van der Waals surface area contributed by atoms with Crippen LogP contribution in [-0.4, -0.2) is 17.9 Å². The zero-order chi connectivity index (χ0) is 10.2. The topological polar surface area (TPSA) is 50.6 Å². The minimum absolute atomic E-state index is 0.531. The summed E-state index contributed by atoms with van der Waals surface area (Å²) in [6, 6.07) is 3.85. The van der Waals surface area contributed by atoms with E-state index in [9.17, 15) is 0 Å². The third-order valence-electron chi connectivity index (χ3n) is 1.45. The predicted molar refractivity (Wildman–Crippen MR) is 60.0 cm³/mol. The lowest BCUT2D eigenvalue weighted by molar-refractivity contribution is -0.378. The molecule has 0 bridgehead atoms. The zero-order valence-corrected chi connectivity index (χ0v) is 8.77. The van der Waals surface area contributed by atoms with Crippen molar-refractivity contribution in [1.82, 2.24) is 10.7 Å². The molecule has 0 saturated heterocycles. The fourth-order valence-corrected chi connectivity index (χ4v) is 1.05. The van der Waals surface area contributed by atoms with Crippen molar-refractivity contribution >= 4 is 23.5 Å². The van der Waals surface area contributed by atoms with Gasteiger partial charge in [0, 0.05) is 12.6 Å². The molecule has 3 N–H and O–H groups in total. The van der Waals surface area contributed by atoms with Crippen LogP contribution in [0.25, 0.3) is 0 Å². The third-order valence-corrected chi connectivity index (χ3v) is 1.68. The van der Waals surface area contributed by atoms with Gasteiger partial charge in [0.05, 0.1) is 11.8 Å². The molecule has 0 unspecified atom stereocenters. The second-order valence-corrected chi connectivity index (χ2v) is 2.97. The standard InChI is InChI=1S/C9H12N4S/c1-2-11-9(14)13-12-7-8-4-3-5-10-6-8/h3-7H,2H2,1H3,(H2,11,13,14)/p+1. The van der Waals surface area contributed by atoms with E-state index in [0.29, 0.717) is 5.11 Å². The summed E-state index contributed by atoms with van der Waals surface area (Å²) < 4.78 is 0. The molecule has 0 fully saturated rings. The van der Waals surface area contributed by atoms with E-state index in [1.165, 1.54) is 0 Å². The molecule has 74 valence electrons. The Morgan fingerprint density at radius 2 is 2.57 bits per heavy atom. The van der Waals surface area contributed by atoms with Gasteiger partial charge in [0.2, 0.25) is 0 Å². The maximum atomic E-state index is 4.92. The molecule has 0 aliphatic carbocycles. The monoisotopic (exact) mass is 209 g/mol. The van der Waals surface area contributed by atoms with E-state index in [0.717, 1.165) is 12.1 Å². The maximum absolute atomic E-state index is 4.92. The SMILES string of the molecule is CCNC(=S)NN=Cc1ccc[nH+]c1. The summed E-state index contributed by atoms with van der Waals surface area (Å²) in [5.41, 5.74) is 3.69. The Kier molecular flexibility index (Phi) is 4.57. The number of aromatic amines is 1. The van der Waals surface area contributed by atoms with Crippen LogP contribution in [0.5, 0.6) is 0 Å². The number of hydrazone groups is 1. The predicted octanol–water partition coefficient (Wildman–Crippen LogP) is 0.319. The van der Waals surface area contributed by atoms with Crippen molar-refractivity contribution in [1.29, 1.82) is 0 Å². The van der Waals surface area contributed by atoms with Crippen LogP contribution in [0.1, 0.15) is 12.5 Å². The van der Waals surface area contributed by atoms with E-state index in [1.807, 2.05) is 31.5 Å². The first kappa shape index (κ1) is 10.6. The van der Waals surface area contributed by atoms with Gasteiger partial charge in [-0.15, -0.1) is 0 Å². The van der Waals surface area contributed by atoms with E-state index in [1.54, 1.807) is 6.21 Å². The van der Waals surface area contributed by atoms with Gasteiger partial charge in [-0.05, 0) is 25.2 Å². The van der Waals surface area contributed by atoms with E-state index < -0.39 is 0 Å². The van der Waals surface area contributed by atoms with Crippen molar-refractivity contribution in [3.63, 3.8) is 0 Å². The number of pyridine rings is 1. The van der Waals surface area contributed by atoms with Crippen molar-refractivity contribution in [2.75, 3.05) is 6.54 Å². The molecule has 0 aromatic carbocycles. The average molecular weight is 209 g/mol. The fourth-order valence-electron chi connectivity index (χ4n) is 0.853. The van der Waals surface area contributed by atoms with Crippen LogP contribution in [0, 0.1) is 0 Å².